The van der Waals surface area contributed by atoms with Gasteiger partial charge in [-0.2, -0.15) is 11.8 Å². The number of rotatable bonds is 2. The molecule has 0 radical (unpaired) electrons. The molecule has 0 spiro atoms. The van der Waals surface area contributed by atoms with E-state index in [0.717, 1.165) is 18.7 Å². The van der Waals surface area contributed by atoms with Crippen LogP contribution in [0.25, 0.3) is 0 Å². The molecule has 2 nitrogen and oxygen atoms in total. The fraction of sp³-hybridized carbons (Fsp3) is 0.462. The average molecular weight is 266 g/mol. The summed E-state index contributed by atoms with van der Waals surface area (Å²) in [5.41, 5.74) is 7.81. The van der Waals surface area contributed by atoms with Gasteiger partial charge in [0.15, 0.2) is 0 Å². The first-order chi connectivity index (χ1) is 8.06. The molecule has 0 amide bonds. The van der Waals surface area contributed by atoms with E-state index >= 15 is 0 Å². The van der Waals surface area contributed by atoms with Crippen molar-refractivity contribution in [3.63, 3.8) is 0 Å². The minimum absolute atomic E-state index is 0.465. The van der Waals surface area contributed by atoms with Gasteiger partial charge in [-0.3, -0.25) is 0 Å². The molecule has 1 aromatic carbocycles. The van der Waals surface area contributed by atoms with Crippen molar-refractivity contribution in [3.05, 3.63) is 29.8 Å². The molecule has 0 aromatic heterocycles. The smallest absolute Gasteiger partial charge is 0.103 e. The Labute approximate surface area is 113 Å². The molecule has 1 fully saturated rings. The summed E-state index contributed by atoms with van der Waals surface area (Å²) < 4.78 is 0. The zero-order valence-corrected chi connectivity index (χ0v) is 11.9. The van der Waals surface area contributed by atoms with Gasteiger partial charge in [-0.1, -0.05) is 26.1 Å². The molecule has 0 aliphatic carbocycles. The van der Waals surface area contributed by atoms with Crippen molar-refractivity contribution in [2.75, 3.05) is 18.0 Å². The summed E-state index contributed by atoms with van der Waals surface area (Å²) in [5, 5.41) is 1.38. The molecule has 92 valence electrons. The maximum absolute atomic E-state index is 5.60. The van der Waals surface area contributed by atoms with Crippen LogP contribution in [0.3, 0.4) is 0 Å². The number of hydrogen-bond acceptors (Lipinski definition) is 3. The number of hydrogen-bond donors (Lipinski definition) is 1. The van der Waals surface area contributed by atoms with Crippen LogP contribution in [-0.2, 0) is 0 Å². The molecule has 0 bridgehead atoms. The Kier molecular flexibility index (Phi) is 3.94. The fourth-order valence-electron chi connectivity index (χ4n) is 2.23. The molecule has 4 heteroatoms. The maximum atomic E-state index is 5.60. The molecule has 2 rings (SSSR count). The Morgan fingerprint density at radius 2 is 1.76 bits per heavy atom. The van der Waals surface area contributed by atoms with Gasteiger partial charge in [-0.25, -0.2) is 0 Å². The van der Waals surface area contributed by atoms with E-state index in [2.05, 4.69) is 42.6 Å². The standard InChI is InChI=1S/C13H18N2S2/c1-9-7-15(8-10(2)17-9)12-5-3-11(4-6-12)13(14)16/h3-6,9-10H,7-8H2,1-2H3,(H2,14,16). The minimum Gasteiger partial charge on any atom is -0.389 e. The van der Waals surface area contributed by atoms with Gasteiger partial charge in [0.25, 0.3) is 0 Å². The number of thioether (sulfide) groups is 1. The van der Waals surface area contributed by atoms with Crippen molar-refractivity contribution in [3.8, 4) is 0 Å². The number of benzene rings is 1. The molecule has 1 aliphatic heterocycles. The Hall–Kier alpha value is -0.740. The van der Waals surface area contributed by atoms with E-state index in [0.29, 0.717) is 15.5 Å². The fourth-order valence-corrected chi connectivity index (χ4v) is 3.69. The van der Waals surface area contributed by atoms with Crippen LogP contribution in [0.1, 0.15) is 19.4 Å². The van der Waals surface area contributed by atoms with Gasteiger partial charge in [0, 0.05) is 34.8 Å². The molecule has 1 heterocycles. The van der Waals surface area contributed by atoms with Gasteiger partial charge >= 0.3 is 0 Å². The normalized spacial score (nSPS) is 24.7. The van der Waals surface area contributed by atoms with Crippen LogP contribution in [0.2, 0.25) is 0 Å². The molecule has 1 aromatic rings. The SMILES string of the molecule is CC1CN(c2ccc(C(N)=S)cc2)CC(C)S1. The van der Waals surface area contributed by atoms with Gasteiger partial charge in [0.2, 0.25) is 0 Å². The highest BCUT2D eigenvalue weighted by atomic mass is 32.2. The molecule has 1 aliphatic rings. The third kappa shape index (κ3) is 3.13. The number of nitrogens with zero attached hydrogens (tertiary/aromatic N) is 1. The van der Waals surface area contributed by atoms with E-state index in [1.165, 1.54) is 5.69 Å². The minimum atomic E-state index is 0.465. The van der Waals surface area contributed by atoms with Crippen molar-refractivity contribution >= 4 is 34.7 Å². The Morgan fingerprint density at radius 3 is 2.24 bits per heavy atom. The van der Waals surface area contributed by atoms with Crippen LogP contribution in [0.4, 0.5) is 5.69 Å². The van der Waals surface area contributed by atoms with E-state index in [1.54, 1.807) is 0 Å². The summed E-state index contributed by atoms with van der Waals surface area (Å²) in [6, 6.07) is 8.25. The predicted molar refractivity (Wildman–Crippen MR) is 81.1 cm³/mol. The molecular weight excluding hydrogens is 248 g/mol. The largest absolute Gasteiger partial charge is 0.389 e. The quantitative estimate of drug-likeness (QED) is 0.833. The first-order valence-electron chi connectivity index (χ1n) is 5.86. The monoisotopic (exact) mass is 266 g/mol. The van der Waals surface area contributed by atoms with E-state index in [4.69, 9.17) is 18.0 Å². The van der Waals surface area contributed by atoms with Crippen LogP contribution < -0.4 is 10.6 Å². The second kappa shape index (κ2) is 5.27. The van der Waals surface area contributed by atoms with Crippen molar-refractivity contribution < 1.29 is 0 Å². The lowest BCUT2D eigenvalue weighted by atomic mass is 10.2. The van der Waals surface area contributed by atoms with Crippen LogP contribution in [0.5, 0.6) is 0 Å². The van der Waals surface area contributed by atoms with Gasteiger partial charge in [-0.05, 0) is 24.3 Å². The lowest BCUT2D eigenvalue weighted by Crippen LogP contribution is -2.40. The van der Waals surface area contributed by atoms with Crippen molar-refractivity contribution in [2.24, 2.45) is 5.73 Å². The Morgan fingerprint density at radius 1 is 1.24 bits per heavy atom. The lowest BCUT2D eigenvalue weighted by Gasteiger charge is -2.36. The molecule has 0 saturated carbocycles. The van der Waals surface area contributed by atoms with Gasteiger partial charge in [-0.15, -0.1) is 0 Å². The summed E-state index contributed by atoms with van der Waals surface area (Å²) in [6.07, 6.45) is 0. The summed E-state index contributed by atoms with van der Waals surface area (Å²) in [5.74, 6) is 0. The van der Waals surface area contributed by atoms with Crippen molar-refractivity contribution in [1.29, 1.82) is 0 Å². The van der Waals surface area contributed by atoms with E-state index in [9.17, 15) is 0 Å². The third-order valence-corrected chi connectivity index (χ3v) is 4.40. The van der Waals surface area contributed by atoms with Crippen LogP contribution in [-0.4, -0.2) is 28.6 Å². The average Bonchev–Trinajstić information content (AvgIpc) is 2.28. The highest BCUT2D eigenvalue weighted by molar-refractivity contribution is 8.00. The predicted octanol–water partition coefficient (Wildman–Crippen LogP) is 2.65. The first kappa shape index (κ1) is 12.7. The lowest BCUT2D eigenvalue weighted by molar-refractivity contribution is 0.728. The van der Waals surface area contributed by atoms with Gasteiger partial charge < -0.3 is 10.6 Å². The van der Waals surface area contributed by atoms with Crippen molar-refractivity contribution in [2.45, 2.75) is 24.3 Å². The highest BCUT2D eigenvalue weighted by Gasteiger charge is 2.22. The third-order valence-electron chi connectivity index (χ3n) is 2.94. The van der Waals surface area contributed by atoms with Crippen molar-refractivity contribution in [1.82, 2.24) is 0 Å². The summed E-state index contributed by atoms with van der Waals surface area (Å²) in [4.78, 5) is 2.90. The molecule has 2 N–H and O–H groups in total. The number of anilines is 1. The van der Waals surface area contributed by atoms with Crippen LogP contribution in [0.15, 0.2) is 24.3 Å². The molecule has 2 unspecified atom stereocenters. The second-order valence-electron chi connectivity index (χ2n) is 4.57. The Balaban J connectivity index is 2.14. The summed E-state index contributed by atoms with van der Waals surface area (Å²) >= 11 is 7.03. The Bertz CT molecular complexity index is 392. The molecule has 2 atom stereocenters. The van der Waals surface area contributed by atoms with E-state index in [1.807, 2.05) is 12.1 Å². The van der Waals surface area contributed by atoms with Crippen LogP contribution in [0, 0.1) is 0 Å². The van der Waals surface area contributed by atoms with Gasteiger partial charge in [0.05, 0.1) is 0 Å². The molecular formula is C13H18N2S2. The van der Waals surface area contributed by atoms with E-state index in [-0.39, 0.29) is 0 Å². The summed E-state index contributed by atoms with van der Waals surface area (Å²) in [6.45, 7) is 6.80. The second-order valence-corrected chi connectivity index (χ2v) is 6.89. The number of nitrogens with two attached hydrogens (primary N) is 1. The maximum Gasteiger partial charge on any atom is 0.103 e. The molecule has 1 saturated heterocycles. The zero-order valence-electron chi connectivity index (χ0n) is 10.2. The highest BCUT2D eigenvalue weighted by Crippen LogP contribution is 2.28. The summed E-state index contributed by atoms with van der Waals surface area (Å²) in [7, 11) is 0. The molecule has 17 heavy (non-hydrogen) atoms. The zero-order chi connectivity index (χ0) is 12.4. The van der Waals surface area contributed by atoms with E-state index < -0.39 is 0 Å². The number of thiocarbonyl (C=S) groups is 1. The first-order valence-corrected chi connectivity index (χ1v) is 7.21. The van der Waals surface area contributed by atoms with Gasteiger partial charge in [0.1, 0.15) is 4.99 Å². The van der Waals surface area contributed by atoms with Crippen LogP contribution >= 0.6 is 24.0 Å². The topological polar surface area (TPSA) is 29.3 Å².